The summed E-state index contributed by atoms with van der Waals surface area (Å²) in [7, 11) is 0. The summed E-state index contributed by atoms with van der Waals surface area (Å²) in [6, 6.07) is 9.89. The van der Waals surface area contributed by atoms with E-state index >= 15 is 0 Å². The van der Waals surface area contributed by atoms with E-state index in [1.165, 1.54) is 5.56 Å². The van der Waals surface area contributed by atoms with Crippen molar-refractivity contribution in [1.82, 2.24) is 15.0 Å². The van der Waals surface area contributed by atoms with Gasteiger partial charge in [0.05, 0.1) is 35.0 Å². The SMILES string of the molecule is Cc1ccc(-c2cc(C(=O)N3CCOC(C)C3)c3c(C)noc3n2)cc1. The van der Waals surface area contributed by atoms with Crippen LogP contribution in [0.3, 0.4) is 0 Å². The number of carbonyl (C=O) groups is 1. The van der Waals surface area contributed by atoms with Crippen LogP contribution in [0.5, 0.6) is 0 Å². The molecule has 0 radical (unpaired) electrons. The van der Waals surface area contributed by atoms with Gasteiger partial charge in [0.25, 0.3) is 11.6 Å². The molecular formula is C20H21N3O3. The fourth-order valence-corrected chi connectivity index (χ4v) is 3.31. The highest BCUT2D eigenvalue weighted by atomic mass is 16.5. The highest BCUT2D eigenvalue weighted by molar-refractivity contribution is 6.07. The number of pyridine rings is 1. The number of fused-ring (bicyclic) bond motifs is 1. The molecule has 134 valence electrons. The molecule has 26 heavy (non-hydrogen) atoms. The smallest absolute Gasteiger partial charge is 0.259 e. The molecule has 1 aliphatic heterocycles. The first-order valence-electron chi connectivity index (χ1n) is 8.78. The number of hydrogen-bond acceptors (Lipinski definition) is 5. The maximum Gasteiger partial charge on any atom is 0.259 e. The zero-order chi connectivity index (χ0) is 18.3. The van der Waals surface area contributed by atoms with E-state index in [1.54, 1.807) is 0 Å². The third-order valence-electron chi connectivity index (χ3n) is 4.72. The number of carbonyl (C=O) groups excluding carboxylic acids is 1. The fraction of sp³-hybridized carbons (Fsp3) is 0.350. The minimum atomic E-state index is -0.0350. The molecule has 6 heteroatoms. The average molecular weight is 351 g/mol. The van der Waals surface area contributed by atoms with Crippen molar-refractivity contribution >= 4 is 17.0 Å². The Bertz CT molecular complexity index is 962. The molecular weight excluding hydrogens is 330 g/mol. The molecule has 0 spiro atoms. The molecule has 1 saturated heterocycles. The standard InChI is InChI=1S/C20H21N3O3/c1-12-4-6-15(7-5-12)17-10-16(18-14(3)22-26-19(18)21-17)20(24)23-8-9-25-13(2)11-23/h4-7,10,13H,8-9,11H2,1-3H3. The van der Waals surface area contributed by atoms with Gasteiger partial charge >= 0.3 is 0 Å². The molecule has 0 bridgehead atoms. The summed E-state index contributed by atoms with van der Waals surface area (Å²) in [5.41, 5.74) is 4.47. The van der Waals surface area contributed by atoms with Crippen molar-refractivity contribution in [2.45, 2.75) is 26.9 Å². The molecule has 0 N–H and O–H groups in total. The molecule has 3 heterocycles. The van der Waals surface area contributed by atoms with Crippen LogP contribution >= 0.6 is 0 Å². The molecule has 1 amide bonds. The highest BCUT2D eigenvalue weighted by Crippen LogP contribution is 2.28. The van der Waals surface area contributed by atoms with Crippen molar-refractivity contribution in [3.05, 3.63) is 47.2 Å². The van der Waals surface area contributed by atoms with Gasteiger partial charge < -0.3 is 14.2 Å². The summed E-state index contributed by atoms with van der Waals surface area (Å²) in [5.74, 6) is -0.0350. The lowest BCUT2D eigenvalue weighted by Crippen LogP contribution is -2.44. The predicted octanol–water partition coefficient (Wildman–Crippen LogP) is 3.37. The van der Waals surface area contributed by atoms with Crippen molar-refractivity contribution in [1.29, 1.82) is 0 Å². The van der Waals surface area contributed by atoms with Crippen LogP contribution in [0.25, 0.3) is 22.4 Å². The lowest BCUT2D eigenvalue weighted by molar-refractivity contribution is -0.0123. The fourth-order valence-electron chi connectivity index (χ4n) is 3.31. The Hall–Kier alpha value is -2.73. The molecule has 3 aromatic rings. The van der Waals surface area contributed by atoms with Gasteiger partial charge in [0.2, 0.25) is 0 Å². The van der Waals surface area contributed by atoms with E-state index in [2.05, 4.69) is 10.1 Å². The van der Waals surface area contributed by atoms with Gasteiger partial charge in [-0.3, -0.25) is 4.79 Å². The van der Waals surface area contributed by atoms with E-state index in [9.17, 15) is 4.79 Å². The Morgan fingerprint density at radius 2 is 2.00 bits per heavy atom. The lowest BCUT2D eigenvalue weighted by Gasteiger charge is -2.31. The monoisotopic (exact) mass is 351 g/mol. The molecule has 1 atom stereocenters. The Balaban J connectivity index is 1.82. The van der Waals surface area contributed by atoms with Crippen LogP contribution in [-0.4, -0.2) is 46.7 Å². The zero-order valence-corrected chi connectivity index (χ0v) is 15.2. The molecule has 1 aromatic carbocycles. The van der Waals surface area contributed by atoms with Crippen LogP contribution in [0.4, 0.5) is 0 Å². The second-order valence-corrected chi connectivity index (χ2v) is 6.80. The first-order chi connectivity index (χ1) is 12.5. The molecule has 6 nitrogen and oxygen atoms in total. The van der Waals surface area contributed by atoms with Crippen LogP contribution < -0.4 is 0 Å². The van der Waals surface area contributed by atoms with Gasteiger partial charge in [-0.2, -0.15) is 0 Å². The molecule has 2 aromatic heterocycles. The summed E-state index contributed by atoms with van der Waals surface area (Å²) in [4.78, 5) is 19.6. The first kappa shape index (κ1) is 16.7. The minimum Gasteiger partial charge on any atom is -0.375 e. The first-order valence-corrected chi connectivity index (χ1v) is 8.78. The maximum atomic E-state index is 13.2. The van der Waals surface area contributed by atoms with Crippen LogP contribution in [0, 0.1) is 13.8 Å². The van der Waals surface area contributed by atoms with Crippen molar-refractivity contribution in [3.63, 3.8) is 0 Å². The van der Waals surface area contributed by atoms with Crippen molar-refractivity contribution in [2.75, 3.05) is 19.7 Å². The molecule has 1 aliphatic rings. The third-order valence-corrected chi connectivity index (χ3v) is 4.72. The van der Waals surface area contributed by atoms with E-state index in [-0.39, 0.29) is 12.0 Å². The number of rotatable bonds is 2. The lowest BCUT2D eigenvalue weighted by atomic mass is 10.0. The third kappa shape index (κ3) is 2.97. The molecule has 4 rings (SSSR count). The zero-order valence-electron chi connectivity index (χ0n) is 15.2. The number of hydrogen-bond donors (Lipinski definition) is 0. The van der Waals surface area contributed by atoms with Crippen molar-refractivity contribution in [3.8, 4) is 11.3 Å². The van der Waals surface area contributed by atoms with Gasteiger partial charge in [0.1, 0.15) is 0 Å². The molecule has 0 saturated carbocycles. The topological polar surface area (TPSA) is 68.5 Å². The van der Waals surface area contributed by atoms with E-state index in [4.69, 9.17) is 9.26 Å². The quantitative estimate of drug-likeness (QED) is 0.708. The number of ether oxygens (including phenoxy) is 1. The number of benzene rings is 1. The van der Waals surface area contributed by atoms with Crippen LogP contribution in [0.15, 0.2) is 34.9 Å². The number of amides is 1. The predicted molar refractivity (Wildman–Crippen MR) is 98.0 cm³/mol. The summed E-state index contributed by atoms with van der Waals surface area (Å²) in [6.07, 6.45) is 0.0326. The van der Waals surface area contributed by atoms with E-state index in [1.807, 2.05) is 56.0 Å². The maximum absolute atomic E-state index is 13.2. The summed E-state index contributed by atoms with van der Waals surface area (Å²) >= 11 is 0. The summed E-state index contributed by atoms with van der Waals surface area (Å²) in [5, 5.41) is 4.70. The van der Waals surface area contributed by atoms with Crippen LogP contribution in [0.2, 0.25) is 0 Å². The van der Waals surface area contributed by atoms with Crippen LogP contribution in [-0.2, 0) is 4.74 Å². The second-order valence-electron chi connectivity index (χ2n) is 6.80. The van der Waals surface area contributed by atoms with Crippen molar-refractivity contribution in [2.24, 2.45) is 0 Å². The van der Waals surface area contributed by atoms with E-state index < -0.39 is 0 Å². The van der Waals surface area contributed by atoms with Gasteiger partial charge in [0, 0.05) is 18.7 Å². The number of morpholine rings is 1. The van der Waals surface area contributed by atoms with Gasteiger partial charge in [0.15, 0.2) is 0 Å². The van der Waals surface area contributed by atoms with Gasteiger partial charge in [-0.25, -0.2) is 4.98 Å². The second kappa shape index (κ2) is 6.53. The minimum absolute atomic E-state index is 0.0326. The summed E-state index contributed by atoms with van der Waals surface area (Å²) in [6.45, 7) is 7.55. The Morgan fingerprint density at radius 3 is 2.73 bits per heavy atom. The molecule has 0 aliphatic carbocycles. The Labute approximate surface area is 151 Å². The van der Waals surface area contributed by atoms with E-state index in [0.717, 1.165) is 5.56 Å². The van der Waals surface area contributed by atoms with Gasteiger partial charge in [-0.15, -0.1) is 0 Å². The van der Waals surface area contributed by atoms with Crippen molar-refractivity contribution < 1.29 is 14.1 Å². The Kier molecular flexibility index (Phi) is 4.20. The number of aryl methyl sites for hydroxylation is 2. The number of aromatic nitrogens is 2. The largest absolute Gasteiger partial charge is 0.375 e. The number of nitrogens with zero attached hydrogens (tertiary/aromatic N) is 3. The van der Waals surface area contributed by atoms with Gasteiger partial charge in [-0.05, 0) is 26.8 Å². The van der Waals surface area contributed by atoms with Crippen LogP contribution in [0.1, 0.15) is 28.5 Å². The molecule has 1 fully saturated rings. The molecule has 1 unspecified atom stereocenters. The highest BCUT2D eigenvalue weighted by Gasteiger charge is 2.26. The van der Waals surface area contributed by atoms with E-state index in [0.29, 0.717) is 47.7 Å². The summed E-state index contributed by atoms with van der Waals surface area (Å²) < 4.78 is 10.9. The normalized spacial score (nSPS) is 17.7. The average Bonchev–Trinajstić information content (AvgIpc) is 3.02. The Morgan fingerprint density at radius 1 is 1.23 bits per heavy atom. The van der Waals surface area contributed by atoms with Gasteiger partial charge in [-0.1, -0.05) is 35.0 Å².